The maximum absolute atomic E-state index is 13.0. The lowest BCUT2D eigenvalue weighted by Crippen LogP contribution is -2.44. The molecule has 0 aliphatic carbocycles. The van der Waals surface area contributed by atoms with Gasteiger partial charge >= 0.3 is 6.03 Å². The lowest BCUT2D eigenvalue weighted by atomic mass is 9.87. The number of aryl methyl sites for hydroxylation is 1. The molecule has 1 fully saturated rings. The normalized spacial score (nSPS) is 19.4. The van der Waals surface area contributed by atoms with E-state index in [1.165, 1.54) is 0 Å². The van der Waals surface area contributed by atoms with E-state index in [-0.39, 0.29) is 6.54 Å². The molecular weight excluding hydrogens is 330 g/mol. The molecule has 4 amide bonds. The van der Waals surface area contributed by atoms with Crippen molar-refractivity contribution in [2.45, 2.75) is 25.8 Å². The number of hydrogen-bond acceptors (Lipinski definition) is 3. The summed E-state index contributed by atoms with van der Waals surface area (Å²) in [5.41, 5.74) is 1.29. The molecule has 0 aromatic heterocycles. The van der Waals surface area contributed by atoms with Crippen LogP contribution in [-0.4, -0.2) is 29.3 Å². The number of rotatable bonds is 5. The van der Waals surface area contributed by atoms with Gasteiger partial charge < -0.3 is 10.6 Å². The monoisotopic (exact) mass is 351 g/mol. The first-order valence-electron chi connectivity index (χ1n) is 8.52. The first-order chi connectivity index (χ1) is 12.5. The third-order valence-electron chi connectivity index (χ3n) is 4.61. The van der Waals surface area contributed by atoms with E-state index < -0.39 is 23.4 Å². The zero-order chi connectivity index (χ0) is 18.7. The van der Waals surface area contributed by atoms with E-state index in [2.05, 4.69) is 10.6 Å². The predicted molar refractivity (Wildman–Crippen MR) is 98.5 cm³/mol. The lowest BCUT2D eigenvalue weighted by molar-refractivity contribution is -0.134. The molecule has 1 heterocycles. The number of anilines is 1. The minimum absolute atomic E-state index is 0.326. The van der Waals surface area contributed by atoms with Crippen LogP contribution in [-0.2, 0) is 15.1 Å². The van der Waals surface area contributed by atoms with E-state index in [0.717, 1.165) is 10.5 Å². The standard InChI is InChI=1S/C20H21N3O3/c1-3-20(15-7-5-4-6-8-15)18(25)23(19(26)22-20)13-17(24)21-16-11-9-14(2)10-12-16/h4-12H,3,13H2,1-2H3,(H,21,24)(H,22,26). The van der Waals surface area contributed by atoms with Crippen molar-refractivity contribution in [1.29, 1.82) is 0 Å². The van der Waals surface area contributed by atoms with Gasteiger partial charge in [-0.3, -0.25) is 14.5 Å². The quantitative estimate of drug-likeness (QED) is 0.813. The number of carbonyl (C=O) groups excluding carboxylic acids is 3. The maximum Gasteiger partial charge on any atom is 0.325 e. The highest BCUT2D eigenvalue weighted by Crippen LogP contribution is 2.32. The summed E-state index contributed by atoms with van der Waals surface area (Å²) in [6.45, 7) is 3.46. The Morgan fingerprint density at radius 3 is 2.35 bits per heavy atom. The van der Waals surface area contributed by atoms with Crippen LogP contribution >= 0.6 is 0 Å². The summed E-state index contributed by atoms with van der Waals surface area (Å²) in [7, 11) is 0. The number of urea groups is 1. The Hall–Kier alpha value is -3.15. The molecular formula is C20H21N3O3. The average Bonchev–Trinajstić information content (AvgIpc) is 2.89. The van der Waals surface area contributed by atoms with Crippen LogP contribution in [0.1, 0.15) is 24.5 Å². The second-order valence-electron chi connectivity index (χ2n) is 6.36. The van der Waals surface area contributed by atoms with E-state index in [1.807, 2.05) is 44.2 Å². The smallest absolute Gasteiger partial charge is 0.325 e. The number of nitrogens with one attached hydrogen (secondary N) is 2. The van der Waals surface area contributed by atoms with Crippen molar-refractivity contribution in [1.82, 2.24) is 10.2 Å². The number of amides is 4. The molecule has 6 nitrogen and oxygen atoms in total. The summed E-state index contributed by atoms with van der Waals surface area (Å²) in [6.07, 6.45) is 0.400. The van der Waals surface area contributed by atoms with Crippen molar-refractivity contribution < 1.29 is 14.4 Å². The van der Waals surface area contributed by atoms with Crippen LogP contribution in [0.2, 0.25) is 0 Å². The Labute approximate surface area is 152 Å². The van der Waals surface area contributed by atoms with Gasteiger partial charge in [0.05, 0.1) is 0 Å². The Balaban J connectivity index is 1.76. The molecule has 134 valence electrons. The second kappa shape index (κ2) is 7.00. The fourth-order valence-corrected chi connectivity index (χ4v) is 3.11. The van der Waals surface area contributed by atoms with Gasteiger partial charge in [-0.15, -0.1) is 0 Å². The minimum atomic E-state index is -1.12. The first kappa shape index (κ1) is 17.7. The highest BCUT2D eigenvalue weighted by molar-refractivity contribution is 6.10. The molecule has 2 aromatic carbocycles. The first-order valence-corrected chi connectivity index (χ1v) is 8.52. The zero-order valence-electron chi connectivity index (χ0n) is 14.8. The molecule has 1 unspecified atom stereocenters. The lowest BCUT2D eigenvalue weighted by Gasteiger charge is -2.25. The van der Waals surface area contributed by atoms with Crippen molar-refractivity contribution in [3.8, 4) is 0 Å². The molecule has 0 bridgehead atoms. The Morgan fingerprint density at radius 1 is 1.08 bits per heavy atom. The number of carbonyl (C=O) groups is 3. The third kappa shape index (κ3) is 3.18. The molecule has 0 spiro atoms. The Bertz CT molecular complexity index is 833. The maximum atomic E-state index is 13.0. The molecule has 2 aromatic rings. The second-order valence-corrected chi connectivity index (χ2v) is 6.36. The highest BCUT2D eigenvalue weighted by Gasteiger charge is 2.51. The SMILES string of the molecule is CCC1(c2ccccc2)NC(=O)N(CC(=O)Nc2ccc(C)cc2)C1=O. The molecule has 0 radical (unpaired) electrons. The predicted octanol–water partition coefficient (Wildman–Crippen LogP) is 2.79. The summed E-state index contributed by atoms with van der Waals surface area (Å²) in [5, 5.41) is 5.48. The third-order valence-corrected chi connectivity index (χ3v) is 4.61. The van der Waals surface area contributed by atoms with Gasteiger partial charge in [-0.25, -0.2) is 4.79 Å². The van der Waals surface area contributed by atoms with Crippen molar-refractivity contribution in [3.63, 3.8) is 0 Å². The number of nitrogens with zero attached hydrogens (tertiary/aromatic N) is 1. The fourth-order valence-electron chi connectivity index (χ4n) is 3.11. The summed E-state index contributed by atoms with van der Waals surface area (Å²) in [4.78, 5) is 38.6. The zero-order valence-corrected chi connectivity index (χ0v) is 14.8. The van der Waals surface area contributed by atoms with Crippen LogP contribution in [0.15, 0.2) is 54.6 Å². The van der Waals surface area contributed by atoms with E-state index in [0.29, 0.717) is 17.7 Å². The van der Waals surface area contributed by atoms with Crippen LogP contribution in [0.25, 0.3) is 0 Å². The van der Waals surface area contributed by atoms with Crippen LogP contribution in [0.3, 0.4) is 0 Å². The minimum Gasteiger partial charge on any atom is -0.325 e. The Kier molecular flexibility index (Phi) is 4.75. The molecule has 1 aliphatic rings. The van der Waals surface area contributed by atoms with E-state index >= 15 is 0 Å². The molecule has 1 saturated heterocycles. The molecule has 1 aliphatic heterocycles. The van der Waals surface area contributed by atoms with Gasteiger partial charge in [0.25, 0.3) is 5.91 Å². The largest absolute Gasteiger partial charge is 0.325 e. The fraction of sp³-hybridized carbons (Fsp3) is 0.250. The molecule has 26 heavy (non-hydrogen) atoms. The number of imide groups is 1. The molecule has 6 heteroatoms. The number of hydrogen-bond donors (Lipinski definition) is 2. The van der Waals surface area contributed by atoms with Crippen molar-refractivity contribution in [2.24, 2.45) is 0 Å². The van der Waals surface area contributed by atoms with Gasteiger partial charge in [-0.1, -0.05) is 55.0 Å². The average molecular weight is 351 g/mol. The molecule has 2 N–H and O–H groups in total. The summed E-state index contributed by atoms with van der Waals surface area (Å²) < 4.78 is 0. The van der Waals surface area contributed by atoms with Crippen LogP contribution in [0, 0.1) is 6.92 Å². The topological polar surface area (TPSA) is 78.5 Å². The van der Waals surface area contributed by atoms with Gasteiger partial charge in [0.1, 0.15) is 12.1 Å². The summed E-state index contributed by atoms with van der Waals surface area (Å²) >= 11 is 0. The highest BCUT2D eigenvalue weighted by atomic mass is 16.2. The van der Waals surface area contributed by atoms with Crippen molar-refractivity contribution in [2.75, 3.05) is 11.9 Å². The van der Waals surface area contributed by atoms with Crippen LogP contribution in [0.5, 0.6) is 0 Å². The van der Waals surface area contributed by atoms with E-state index in [4.69, 9.17) is 0 Å². The molecule has 1 atom stereocenters. The van der Waals surface area contributed by atoms with Crippen molar-refractivity contribution >= 4 is 23.5 Å². The van der Waals surface area contributed by atoms with Gasteiger partial charge in [-0.2, -0.15) is 0 Å². The molecule has 3 rings (SSSR count). The summed E-state index contributed by atoms with van der Waals surface area (Å²) in [5.74, 6) is -0.826. The van der Waals surface area contributed by atoms with E-state index in [1.54, 1.807) is 24.3 Å². The van der Waals surface area contributed by atoms with Gasteiger partial charge in [0.15, 0.2) is 0 Å². The van der Waals surface area contributed by atoms with Gasteiger partial charge in [0, 0.05) is 5.69 Å². The molecule has 0 saturated carbocycles. The van der Waals surface area contributed by atoms with E-state index in [9.17, 15) is 14.4 Å². The Morgan fingerprint density at radius 2 is 1.73 bits per heavy atom. The summed E-state index contributed by atoms with van der Waals surface area (Å²) in [6, 6.07) is 15.8. The van der Waals surface area contributed by atoms with Crippen LogP contribution in [0.4, 0.5) is 10.5 Å². The van der Waals surface area contributed by atoms with Crippen LogP contribution < -0.4 is 10.6 Å². The van der Waals surface area contributed by atoms with Gasteiger partial charge in [-0.05, 0) is 31.0 Å². The van der Waals surface area contributed by atoms with Crippen molar-refractivity contribution in [3.05, 3.63) is 65.7 Å². The van der Waals surface area contributed by atoms with Gasteiger partial charge in [0.2, 0.25) is 5.91 Å². The number of benzene rings is 2.